The van der Waals surface area contributed by atoms with E-state index in [1.165, 1.54) is 0 Å². The average Bonchev–Trinajstić information content (AvgIpc) is 3.58. The number of hydrogen-bond acceptors (Lipinski definition) is 8. The van der Waals surface area contributed by atoms with Gasteiger partial charge in [-0.1, -0.05) is 54.6 Å². The molecule has 4 aliphatic heterocycles. The second kappa shape index (κ2) is 14.8. The first-order valence-corrected chi connectivity index (χ1v) is 15.8. The molecule has 0 N–H and O–H groups in total. The lowest BCUT2D eigenvalue weighted by molar-refractivity contribution is -0.159. The second-order valence-electron chi connectivity index (χ2n) is 11.8. The molecule has 0 radical (unpaired) electrons. The van der Waals surface area contributed by atoms with E-state index < -0.39 is 0 Å². The van der Waals surface area contributed by atoms with Crippen molar-refractivity contribution in [2.45, 2.75) is 50.4 Å². The van der Waals surface area contributed by atoms with Crippen LogP contribution in [0.25, 0.3) is 0 Å². The fourth-order valence-electron chi connectivity index (χ4n) is 6.35. The van der Waals surface area contributed by atoms with E-state index in [1.807, 2.05) is 54.6 Å². The number of rotatable bonds is 13. The Kier molecular flexibility index (Phi) is 10.2. The van der Waals surface area contributed by atoms with Crippen LogP contribution in [0.4, 0.5) is 0 Å². The fourth-order valence-corrected chi connectivity index (χ4v) is 6.35. The lowest BCUT2D eigenvalue weighted by Crippen LogP contribution is -2.52. The van der Waals surface area contributed by atoms with Gasteiger partial charge in [-0.25, -0.2) is 4.79 Å². The zero-order valence-corrected chi connectivity index (χ0v) is 25.1. The van der Waals surface area contributed by atoms with Crippen LogP contribution in [0.5, 0.6) is 5.75 Å². The summed E-state index contributed by atoms with van der Waals surface area (Å²) < 4.78 is 28.5. The van der Waals surface area contributed by atoms with Crippen LogP contribution in [0, 0.1) is 5.92 Å². The van der Waals surface area contributed by atoms with E-state index in [0.29, 0.717) is 49.9 Å². The number of hydrogen-bond donors (Lipinski definition) is 0. The molecule has 44 heavy (non-hydrogen) atoms. The minimum absolute atomic E-state index is 0.00339. The zero-order valence-electron chi connectivity index (χ0n) is 25.1. The number of carbonyl (C=O) groups is 2. The maximum Gasteiger partial charge on any atom is 0.338 e. The molecule has 2 atom stereocenters. The molecular formula is C36H41NO7. The summed E-state index contributed by atoms with van der Waals surface area (Å²) in [6, 6.07) is 25.3. The Hall–Kier alpha value is -3.72. The van der Waals surface area contributed by atoms with Gasteiger partial charge in [0.05, 0.1) is 38.4 Å². The summed E-state index contributed by atoms with van der Waals surface area (Å²) in [5, 5.41) is 0. The molecule has 0 aliphatic carbocycles. The minimum Gasteiger partial charge on any atom is -0.493 e. The monoisotopic (exact) mass is 599 g/mol. The van der Waals surface area contributed by atoms with Gasteiger partial charge >= 0.3 is 11.9 Å². The second-order valence-corrected chi connectivity index (χ2v) is 11.8. The van der Waals surface area contributed by atoms with Gasteiger partial charge in [0, 0.05) is 25.3 Å². The van der Waals surface area contributed by atoms with E-state index in [4.69, 9.17) is 23.7 Å². The molecule has 0 aromatic heterocycles. The topological polar surface area (TPSA) is 83.5 Å². The number of esters is 2. The Morgan fingerprint density at radius 2 is 1.61 bits per heavy atom. The highest BCUT2D eigenvalue weighted by atomic mass is 16.7. The highest BCUT2D eigenvalue weighted by Crippen LogP contribution is 2.33. The summed E-state index contributed by atoms with van der Waals surface area (Å²) in [7, 11) is 0. The van der Waals surface area contributed by atoms with Crippen molar-refractivity contribution in [3.63, 3.8) is 0 Å². The molecule has 4 heterocycles. The maximum atomic E-state index is 13.2. The summed E-state index contributed by atoms with van der Waals surface area (Å²) >= 11 is 0. The van der Waals surface area contributed by atoms with Gasteiger partial charge in [-0.15, -0.1) is 0 Å². The maximum absolute atomic E-state index is 13.2. The van der Waals surface area contributed by atoms with Gasteiger partial charge in [0.1, 0.15) is 11.9 Å². The highest BCUT2D eigenvalue weighted by Gasteiger charge is 2.37. The molecule has 3 aromatic rings. The van der Waals surface area contributed by atoms with Crippen molar-refractivity contribution in [2.75, 3.05) is 46.1 Å². The van der Waals surface area contributed by atoms with E-state index >= 15 is 0 Å². The van der Waals surface area contributed by atoms with Gasteiger partial charge in [0.2, 0.25) is 0 Å². The largest absolute Gasteiger partial charge is 0.493 e. The average molecular weight is 600 g/mol. The van der Waals surface area contributed by atoms with Gasteiger partial charge in [0.25, 0.3) is 0 Å². The molecule has 0 spiro atoms. The van der Waals surface area contributed by atoms with Crippen molar-refractivity contribution in [3.05, 3.63) is 101 Å². The van der Waals surface area contributed by atoms with Crippen molar-refractivity contribution in [3.8, 4) is 5.75 Å². The molecule has 0 amide bonds. The van der Waals surface area contributed by atoms with Gasteiger partial charge < -0.3 is 23.7 Å². The number of piperidine rings is 3. The van der Waals surface area contributed by atoms with Crippen LogP contribution in [0.3, 0.4) is 0 Å². The van der Waals surface area contributed by atoms with Crippen LogP contribution >= 0.6 is 0 Å². The Morgan fingerprint density at radius 3 is 2.34 bits per heavy atom. The number of ether oxygens (including phenoxy) is 5. The normalized spacial score (nSPS) is 22.0. The van der Waals surface area contributed by atoms with Gasteiger partial charge in [0.15, 0.2) is 6.29 Å². The molecular weight excluding hydrogens is 558 g/mol. The van der Waals surface area contributed by atoms with Gasteiger partial charge in [-0.2, -0.15) is 0 Å². The quantitative estimate of drug-likeness (QED) is 0.191. The molecule has 8 nitrogen and oxygen atoms in total. The van der Waals surface area contributed by atoms with Crippen molar-refractivity contribution >= 4 is 11.9 Å². The minimum atomic E-state index is -0.359. The Labute approximate surface area is 259 Å². The predicted molar refractivity (Wildman–Crippen MR) is 165 cm³/mol. The summed E-state index contributed by atoms with van der Waals surface area (Å²) in [6.07, 6.45) is 3.49. The first kappa shape index (κ1) is 30.3. The molecule has 8 heteroatoms. The third kappa shape index (κ3) is 8.05. The smallest absolute Gasteiger partial charge is 0.338 e. The van der Waals surface area contributed by atoms with Crippen molar-refractivity contribution in [1.82, 2.24) is 4.90 Å². The van der Waals surface area contributed by atoms with E-state index in [1.54, 1.807) is 12.1 Å². The van der Waals surface area contributed by atoms with Crippen LogP contribution in [-0.2, 0) is 30.2 Å². The van der Waals surface area contributed by atoms with Crippen molar-refractivity contribution in [2.24, 2.45) is 5.92 Å². The summed E-state index contributed by atoms with van der Waals surface area (Å²) in [6.45, 7) is 4.97. The summed E-state index contributed by atoms with van der Waals surface area (Å²) in [5.74, 6) is 0.540. The lowest BCUT2D eigenvalue weighted by Gasteiger charge is -2.44. The van der Waals surface area contributed by atoms with Crippen LogP contribution < -0.4 is 4.74 Å². The standard InChI is InChI=1S/C36H41NO7/c38-34(44-33-25-37-16-14-28(33)15-17-37)24-32(27-6-2-1-3-7-27)30-8-4-9-31(23-30)40-18-5-19-43-36(39)29-12-10-26(11-13-29)22-35-41-20-21-42-35/h1-4,6-13,23,28,32-33,35H,5,14-22,24-25H2/t32?,33-/m0/s1. The molecule has 0 saturated carbocycles. The van der Waals surface area contributed by atoms with E-state index in [-0.39, 0.29) is 43.3 Å². The van der Waals surface area contributed by atoms with E-state index in [0.717, 1.165) is 49.2 Å². The lowest BCUT2D eigenvalue weighted by atomic mass is 9.85. The number of benzene rings is 3. The van der Waals surface area contributed by atoms with Crippen molar-refractivity contribution < 1.29 is 33.3 Å². The van der Waals surface area contributed by atoms with Crippen molar-refractivity contribution in [1.29, 1.82) is 0 Å². The molecule has 4 fully saturated rings. The molecule has 2 bridgehead atoms. The summed E-state index contributed by atoms with van der Waals surface area (Å²) in [4.78, 5) is 28.1. The third-order valence-corrected chi connectivity index (χ3v) is 8.79. The SMILES string of the molecule is O=C(CC(c1ccccc1)c1cccc(OCCCOC(=O)c2ccc(CC3OCCO3)cc2)c1)O[C@H]1CN2CCC1CC2. The van der Waals surface area contributed by atoms with E-state index in [2.05, 4.69) is 17.0 Å². The van der Waals surface area contributed by atoms with Crippen LogP contribution in [0.2, 0.25) is 0 Å². The number of carbonyl (C=O) groups excluding carboxylic acids is 2. The summed E-state index contributed by atoms with van der Waals surface area (Å²) in [5.41, 5.74) is 3.62. The molecule has 4 aliphatic rings. The zero-order chi connectivity index (χ0) is 30.1. The first-order chi connectivity index (χ1) is 21.6. The molecule has 1 unspecified atom stereocenters. The molecule has 7 rings (SSSR count). The van der Waals surface area contributed by atoms with Crippen LogP contribution in [-0.4, -0.2) is 75.3 Å². The molecule has 4 saturated heterocycles. The third-order valence-electron chi connectivity index (χ3n) is 8.79. The predicted octanol–water partition coefficient (Wildman–Crippen LogP) is 5.39. The van der Waals surface area contributed by atoms with Gasteiger partial charge in [-0.3, -0.25) is 9.69 Å². The van der Waals surface area contributed by atoms with E-state index in [9.17, 15) is 9.59 Å². The van der Waals surface area contributed by atoms with Gasteiger partial charge in [-0.05, 0) is 72.8 Å². The van der Waals surface area contributed by atoms with Crippen LogP contribution in [0.15, 0.2) is 78.9 Å². The molecule has 3 aromatic carbocycles. The fraction of sp³-hybridized carbons (Fsp3) is 0.444. The first-order valence-electron chi connectivity index (χ1n) is 15.8. The number of nitrogens with zero attached hydrogens (tertiary/aromatic N) is 1. The number of fused-ring (bicyclic) bond motifs is 3. The highest BCUT2D eigenvalue weighted by molar-refractivity contribution is 5.89. The Balaban J connectivity index is 0.987. The van der Waals surface area contributed by atoms with Crippen LogP contribution in [0.1, 0.15) is 58.6 Å². The Bertz CT molecular complexity index is 1360. The Morgan fingerprint density at radius 1 is 0.864 bits per heavy atom. The molecule has 232 valence electrons.